The molecule has 5 heteroatoms. The molecule has 1 aromatic carbocycles. The zero-order valence-electron chi connectivity index (χ0n) is 14.9. The highest BCUT2D eigenvalue weighted by atomic mass is 19.1. The summed E-state index contributed by atoms with van der Waals surface area (Å²) in [7, 11) is 0. The molecule has 5 aliphatic rings. The number of amides is 2. The molecule has 0 radical (unpaired) electrons. The summed E-state index contributed by atoms with van der Waals surface area (Å²) in [5.74, 6) is 1.32. The van der Waals surface area contributed by atoms with Gasteiger partial charge in [0.15, 0.2) is 0 Å². The highest BCUT2D eigenvalue weighted by molar-refractivity contribution is 6.00. The second-order valence-electron chi connectivity index (χ2n) is 9.04. The Labute approximate surface area is 153 Å². The predicted molar refractivity (Wildman–Crippen MR) is 95.9 cm³/mol. The van der Waals surface area contributed by atoms with E-state index in [4.69, 9.17) is 0 Å². The lowest BCUT2D eigenvalue weighted by molar-refractivity contribution is -0.131. The van der Waals surface area contributed by atoms with E-state index >= 15 is 0 Å². The molecule has 1 saturated heterocycles. The number of halogens is 1. The number of nitrogens with zero attached hydrogens (tertiary/aromatic N) is 1. The standard InChI is InChI=1S/C21H25FN2O2/c22-17-3-1-2-4-18(17)24-12-16(8-19(24)25)20(26)23-21-9-13-5-14(10-21)7-15(6-13)11-21/h1-4,13-16H,5-12H2,(H,23,26). The van der Waals surface area contributed by atoms with Crippen LogP contribution in [0.2, 0.25) is 0 Å². The van der Waals surface area contributed by atoms with Gasteiger partial charge in [-0.15, -0.1) is 0 Å². The molecule has 4 aliphatic carbocycles. The van der Waals surface area contributed by atoms with Crippen LogP contribution in [0.1, 0.15) is 44.9 Å². The fourth-order valence-corrected chi connectivity index (χ4v) is 6.41. The monoisotopic (exact) mass is 356 g/mol. The van der Waals surface area contributed by atoms with Gasteiger partial charge < -0.3 is 10.2 Å². The number of para-hydroxylation sites is 1. The summed E-state index contributed by atoms with van der Waals surface area (Å²) in [6.07, 6.45) is 7.47. The first kappa shape index (κ1) is 16.3. The van der Waals surface area contributed by atoms with Gasteiger partial charge in [0.25, 0.3) is 0 Å². The van der Waals surface area contributed by atoms with Crippen molar-refractivity contribution in [1.82, 2.24) is 5.32 Å². The summed E-state index contributed by atoms with van der Waals surface area (Å²) in [4.78, 5) is 26.8. The van der Waals surface area contributed by atoms with E-state index in [9.17, 15) is 14.0 Å². The fourth-order valence-electron chi connectivity index (χ4n) is 6.41. The number of rotatable bonds is 3. The van der Waals surface area contributed by atoms with Crippen molar-refractivity contribution in [3.8, 4) is 0 Å². The van der Waals surface area contributed by atoms with Crippen molar-refractivity contribution in [3.05, 3.63) is 30.1 Å². The third-order valence-corrected chi connectivity index (χ3v) is 7.07. The SMILES string of the molecule is O=C(NC12CC3CC(CC(C3)C1)C2)C1CC(=O)N(c2ccccc2F)C1. The number of anilines is 1. The third kappa shape index (κ3) is 2.63. The van der Waals surface area contributed by atoms with E-state index in [0.29, 0.717) is 0 Å². The van der Waals surface area contributed by atoms with E-state index in [-0.39, 0.29) is 41.9 Å². The molecule has 1 aliphatic heterocycles. The van der Waals surface area contributed by atoms with Crippen molar-refractivity contribution in [2.75, 3.05) is 11.4 Å². The molecule has 2 amide bonds. The lowest BCUT2D eigenvalue weighted by Gasteiger charge is -2.57. The van der Waals surface area contributed by atoms with Crippen molar-refractivity contribution in [1.29, 1.82) is 0 Å². The molecule has 1 aromatic rings. The minimum Gasteiger partial charge on any atom is -0.350 e. The van der Waals surface area contributed by atoms with Crippen LogP contribution in [0.3, 0.4) is 0 Å². The Bertz CT molecular complexity index is 727. The highest BCUT2D eigenvalue weighted by Gasteiger charge is 2.52. The molecule has 1 N–H and O–H groups in total. The molecule has 1 atom stereocenters. The Morgan fingerprint density at radius 1 is 1.08 bits per heavy atom. The van der Waals surface area contributed by atoms with E-state index in [0.717, 1.165) is 37.0 Å². The molecule has 138 valence electrons. The summed E-state index contributed by atoms with van der Waals surface area (Å²) in [6.45, 7) is 0.276. The second kappa shape index (κ2) is 5.80. The number of hydrogen-bond acceptors (Lipinski definition) is 2. The minimum atomic E-state index is -0.414. The van der Waals surface area contributed by atoms with Crippen LogP contribution in [0.15, 0.2) is 24.3 Å². The van der Waals surface area contributed by atoms with Crippen LogP contribution in [-0.2, 0) is 9.59 Å². The molecular weight excluding hydrogens is 331 g/mol. The quantitative estimate of drug-likeness (QED) is 0.904. The van der Waals surface area contributed by atoms with Crippen LogP contribution in [0.4, 0.5) is 10.1 Å². The van der Waals surface area contributed by atoms with Gasteiger partial charge in [0.05, 0.1) is 11.6 Å². The normalized spacial score (nSPS) is 38.0. The van der Waals surface area contributed by atoms with Gasteiger partial charge in [-0.1, -0.05) is 12.1 Å². The minimum absolute atomic E-state index is 0.0147. The van der Waals surface area contributed by atoms with Crippen molar-refractivity contribution < 1.29 is 14.0 Å². The maximum atomic E-state index is 14.0. The Morgan fingerprint density at radius 3 is 2.31 bits per heavy atom. The molecule has 0 aromatic heterocycles. The molecule has 4 bridgehead atoms. The smallest absolute Gasteiger partial charge is 0.227 e. The Kier molecular flexibility index (Phi) is 3.63. The van der Waals surface area contributed by atoms with E-state index in [2.05, 4.69) is 5.32 Å². The van der Waals surface area contributed by atoms with Gasteiger partial charge in [0, 0.05) is 18.5 Å². The molecule has 4 saturated carbocycles. The average molecular weight is 356 g/mol. The maximum Gasteiger partial charge on any atom is 0.227 e. The van der Waals surface area contributed by atoms with Crippen LogP contribution >= 0.6 is 0 Å². The van der Waals surface area contributed by atoms with E-state index in [1.165, 1.54) is 30.2 Å². The van der Waals surface area contributed by atoms with Gasteiger partial charge in [-0.3, -0.25) is 9.59 Å². The Balaban J connectivity index is 1.30. The van der Waals surface area contributed by atoms with Gasteiger partial charge in [-0.05, 0) is 68.4 Å². The van der Waals surface area contributed by atoms with Crippen molar-refractivity contribution in [2.45, 2.75) is 50.5 Å². The van der Waals surface area contributed by atoms with Crippen LogP contribution in [0, 0.1) is 29.5 Å². The summed E-state index contributed by atoms with van der Waals surface area (Å²) in [5.41, 5.74) is 0.239. The molecule has 0 spiro atoms. The summed E-state index contributed by atoms with van der Waals surface area (Å²) in [6, 6.07) is 6.28. The van der Waals surface area contributed by atoms with Crippen molar-refractivity contribution >= 4 is 17.5 Å². The number of carbonyl (C=O) groups excluding carboxylic acids is 2. The maximum absolute atomic E-state index is 14.0. The van der Waals surface area contributed by atoms with Crippen molar-refractivity contribution in [2.24, 2.45) is 23.7 Å². The van der Waals surface area contributed by atoms with Gasteiger partial charge in [0.2, 0.25) is 11.8 Å². The van der Waals surface area contributed by atoms with E-state index in [1.807, 2.05) is 0 Å². The van der Waals surface area contributed by atoms with Gasteiger partial charge in [-0.25, -0.2) is 4.39 Å². The number of carbonyl (C=O) groups is 2. The number of nitrogens with one attached hydrogen (secondary N) is 1. The van der Waals surface area contributed by atoms with E-state index in [1.54, 1.807) is 18.2 Å². The lowest BCUT2D eigenvalue weighted by Crippen LogP contribution is -2.60. The number of hydrogen-bond donors (Lipinski definition) is 1. The topological polar surface area (TPSA) is 49.4 Å². The first-order valence-corrected chi connectivity index (χ1v) is 9.88. The van der Waals surface area contributed by atoms with Gasteiger partial charge in [-0.2, -0.15) is 0 Å². The van der Waals surface area contributed by atoms with Crippen molar-refractivity contribution in [3.63, 3.8) is 0 Å². The van der Waals surface area contributed by atoms with Gasteiger partial charge >= 0.3 is 0 Å². The van der Waals surface area contributed by atoms with E-state index < -0.39 is 5.82 Å². The van der Waals surface area contributed by atoms with Crippen LogP contribution in [0.25, 0.3) is 0 Å². The predicted octanol–water partition coefficient (Wildman–Crippen LogP) is 3.26. The molecule has 5 fully saturated rings. The molecule has 1 unspecified atom stereocenters. The van der Waals surface area contributed by atoms with Crippen LogP contribution in [0.5, 0.6) is 0 Å². The summed E-state index contributed by atoms with van der Waals surface area (Å²) < 4.78 is 14.0. The first-order chi connectivity index (χ1) is 12.5. The van der Waals surface area contributed by atoms with Gasteiger partial charge in [0.1, 0.15) is 5.82 Å². The molecular formula is C21H25FN2O2. The largest absolute Gasteiger partial charge is 0.350 e. The Morgan fingerprint density at radius 2 is 1.69 bits per heavy atom. The summed E-state index contributed by atoms with van der Waals surface area (Å²) in [5, 5.41) is 3.36. The zero-order chi connectivity index (χ0) is 17.9. The fraction of sp³-hybridized carbons (Fsp3) is 0.619. The second-order valence-corrected chi connectivity index (χ2v) is 9.04. The number of benzene rings is 1. The van der Waals surface area contributed by atoms with Crippen LogP contribution in [-0.4, -0.2) is 23.9 Å². The highest BCUT2D eigenvalue weighted by Crippen LogP contribution is 2.55. The molecule has 26 heavy (non-hydrogen) atoms. The van der Waals surface area contributed by atoms with Crippen LogP contribution < -0.4 is 10.2 Å². The summed E-state index contributed by atoms with van der Waals surface area (Å²) >= 11 is 0. The molecule has 1 heterocycles. The third-order valence-electron chi connectivity index (χ3n) is 7.07. The first-order valence-electron chi connectivity index (χ1n) is 9.88. The zero-order valence-corrected chi connectivity index (χ0v) is 14.9. The Hall–Kier alpha value is -1.91. The molecule has 6 rings (SSSR count). The lowest BCUT2D eigenvalue weighted by atomic mass is 9.53. The average Bonchev–Trinajstić information content (AvgIpc) is 2.95. The molecule has 4 nitrogen and oxygen atoms in total.